The molecule has 248 valence electrons. The molecular weight excluding hydrogens is 613 g/mol. The van der Waals surface area contributed by atoms with E-state index in [1.165, 1.54) is 5.56 Å². The van der Waals surface area contributed by atoms with Crippen LogP contribution < -0.4 is 18.6 Å². The molecule has 0 unspecified atom stereocenters. The molecule has 0 saturated carbocycles. The Balaban J connectivity index is 1.29. The molecule has 48 heavy (non-hydrogen) atoms. The predicted octanol–water partition coefficient (Wildman–Crippen LogP) is 10.5. The Kier molecular flexibility index (Phi) is 10.2. The molecule has 1 heterocycles. The van der Waals surface area contributed by atoms with Crippen molar-refractivity contribution in [2.75, 3.05) is 0 Å². The van der Waals surface area contributed by atoms with E-state index in [0.717, 1.165) is 34.4 Å². The van der Waals surface area contributed by atoms with Gasteiger partial charge in [-0.05, 0) is 64.1 Å². The smallest absolute Gasteiger partial charge is 0.250 e. The molecule has 5 aromatic carbocycles. The van der Waals surface area contributed by atoms with Crippen molar-refractivity contribution >= 4 is 8.32 Å². The maximum atomic E-state index is 6.76. The Morgan fingerprint density at radius 2 is 1.04 bits per heavy atom. The fraction of sp³-hybridized carbons (Fsp3) is 0.286. The van der Waals surface area contributed by atoms with E-state index in [9.17, 15) is 0 Å². The third-order valence-corrected chi connectivity index (χ3v) is 13.6. The highest BCUT2D eigenvalue weighted by Crippen LogP contribution is 2.49. The number of rotatable bonds is 14. The topological polar surface area (TPSA) is 49.5 Å². The third kappa shape index (κ3) is 8.49. The summed E-state index contributed by atoms with van der Waals surface area (Å²) in [7, 11) is -2.00. The van der Waals surface area contributed by atoms with E-state index in [1.807, 2.05) is 54.6 Å². The molecular formula is C42H46O5Si. The van der Waals surface area contributed by atoms with Gasteiger partial charge < -0.3 is 23.4 Å². The largest absolute Gasteiger partial charge is 0.543 e. The molecule has 0 radical (unpaired) electrons. The average Bonchev–Trinajstić information content (AvgIpc) is 3.86. The van der Waals surface area contributed by atoms with Crippen molar-refractivity contribution in [3.05, 3.63) is 155 Å². The number of ether oxygens (including phenoxy) is 4. The molecule has 6 heteroatoms. The highest BCUT2D eigenvalue weighted by atomic mass is 28.4. The number of epoxide rings is 1. The Labute approximate surface area is 286 Å². The Morgan fingerprint density at radius 1 is 0.583 bits per heavy atom. The van der Waals surface area contributed by atoms with Gasteiger partial charge in [0.2, 0.25) is 14.1 Å². The molecule has 1 aliphatic heterocycles. The van der Waals surface area contributed by atoms with Crippen LogP contribution in [0.3, 0.4) is 0 Å². The van der Waals surface area contributed by atoms with Gasteiger partial charge in [-0.3, -0.25) is 0 Å². The first-order valence-corrected chi connectivity index (χ1v) is 19.7. The second-order valence-corrected chi connectivity index (χ2v) is 18.7. The van der Waals surface area contributed by atoms with Crippen LogP contribution in [-0.2, 0) is 31.0 Å². The molecule has 6 rings (SSSR count). The lowest BCUT2D eigenvalue weighted by molar-refractivity contribution is 0.229. The summed E-state index contributed by atoms with van der Waals surface area (Å²) >= 11 is 0. The van der Waals surface area contributed by atoms with Crippen LogP contribution in [0.5, 0.6) is 23.0 Å². The van der Waals surface area contributed by atoms with Crippen LogP contribution in [0.15, 0.2) is 127 Å². The van der Waals surface area contributed by atoms with Gasteiger partial charge >= 0.3 is 0 Å². The van der Waals surface area contributed by atoms with E-state index < -0.39 is 8.32 Å². The van der Waals surface area contributed by atoms with Crippen molar-refractivity contribution in [1.29, 1.82) is 0 Å². The summed E-state index contributed by atoms with van der Waals surface area (Å²) in [6, 6.07) is 43.0. The summed E-state index contributed by atoms with van der Waals surface area (Å²) in [5.41, 5.74) is 5.37. The summed E-state index contributed by atoms with van der Waals surface area (Å²) in [6.45, 7) is 12.6. The molecule has 0 aliphatic carbocycles. The van der Waals surface area contributed by atoms with Crippen LogP contribution in [0, 0.1) is 0 Å². The fourth-order valence-corrected chi connectivity index (χ4v) is 6.38. The quantitative estimate of drug-likeness (QED) is 0.0878. The van der Waals surface area contributed by atoms with Gasteiger partial charge in [0, 0.05) is 6.42 Å². The minimum atomic E-state index is -2.00. The van der Waals surface area contributed by atoms with Gasteiger partial charge in [0.25, 0.3) is 0 Å². The van der Waals surface area contributed by atoms with E-state index >= 15 is 0 Å². The molecule has 1 aliphatic rings. The lowest BCUT2D eigenvalue weighted by atomic mass is 10.0. The zero-order valence-electron chi connectivity index (χ0n) is 28.6. The van der Waals surface area contributed by atoms with E-state index in [-0.39, 0.29) is 17.2 Å². The zero-order valence-corrected chi connectivity index (χ0v) is 29.6. The Morgan fingerprint density at radius 3 is 1.54 bits per heavy atom. The van der Waals surface area contributed by atoms with Crippen LogP contribution >= 0.6 is 0 Å². The lowest BCUT2D eigenvalue weighted by Crippen LogP contribution is -2.44. The van der Waals surface area contributed by atoms with Crippen molar-refractivity contribution in [2.45, 2.75) is 77.4 Å². The number of para-hydroxylation sites is 1. The molecule has 0 bridgehead atoms. The highest BCUT2D eigenvalue weighted by Gasteiger charge is 2.43. The zero-order chi connectivity index (χ0) is 33.6. The summed E-state index contributed by atoms with van der Waals surface area (Å²) in [5.74, 6) is 2.80. The van der Waals surface area contributed by atoms with Crippen LogP contribution in [0.2, 0.25) is 18.1 Å². The number of hydrogen-bond donors (Lipinski definition) is 0. The first-order chi connectivity index (χ1) is 23.2. The Bertz CT molecular complexity index is 1700. The molecule has 1 fully saturated rings. The fourth-order valence-electron chi connectivity index (χ4n) is 5.33. The Hall–Kier alpha value is -4.52. The van der Waals surface area contributed by atoms with Crippen molar-refractivity contribution in [1.82, 2.24) is 0 Å². The molecule has 0 amide bonds. The van der Waals surface area contributed by atoms with Gasteiger partial charge in [-0.2, -0.15) is 0 Å². The van der Waals surface area contributed by atoms with Gasteiger partial charge in [-0.25, -0.2) is 0 Å². The standard InChI is InChI=1S/C42H46O5Si/c1-42(2,3)48(4,5)47-36-24-16-15-23-34(36)25-39-40(46-39)35-26-37(43-28-31-17-9-6-10-18-31)41(45-30-33-21-13-8-14-22-33)38(27-35)44-29-32-19-11-7-12-20-32/h6-24,26-27,39-40H,25,28-30H2,1-5H3/t39-,40+/m1/s1. The van der Waals surface area contributed by atoms with Crippen LogP contribution in [-0.4, -0.2) is 14.4 Å². The molecule has 2 atom stereocenters. The van der Waals surface area contributed by atoms with Gasteiger partial charge in [-0.1, -0.05) is 130 Å². The van der Waals surface area contributed by atoms with Crippen LogP contribution in [0.4, 0.5) is 0 Å². The van der Waals surface area contributed by atoms with Crippen molar-refractivity contribution in [3.8, 4) is 23.0 Å². The predicted molar refractivity (Wildman–Crippen MR) is 194 cm³/mol. The average molecular weight is 659 g/mol. The van der Waals surface area contributed by atoms with Crippen LogP contribution in [0.1, 0.15) is 54.7 Å². The highest BCUT2D eigenvalue weighted by molar-refractivity contribution is 6.74. The van der Waals surface area contributed by atoms with E-state index in [4.69, 9.17) is 23.4 Å². The molecule has 0 spiro atoms. The molecule has 1 saturated heterocycles. The molecule has 5 aromatic rings. The van der Waals surface area contributed by atoms with Gasteiger partial charge in [0.1, 0.15) is 31.7 Å². The first-order valence-electron chi connectivity index (χ1n) is 16.8. The number of hydrogen-bond acceptors (Lipinski definition) is 5. The van der Waals surface area contributed by atoms with Gasteiger partial charge in [0.05, 0.1) is 6.10 Å². The summed E-state index contributed by atoms with van der Waals surface area (Å²) < 4.78 is 32.6. The first kappa shape index (κ1) is 33.4. The van der Waals surface area contributed by atoms with Crippen molar-refractivity contribution in [2.24, 2.45) is 0 Å². The number of benzene rings is 5. The van der Waals surface area contributed by atoms with Crippen molar-refractivity contribution < 1.29 is 23.4 Å². The molecule has 0 aromatic heterocycles. The maximum Gasteiger partial charge on any atom is 0.250 e. The summed E-state index contributed by atoms with van der Waals surface area (Å²) in [5, 5.41) is 0.107. The van der Waals surface area contributed by atoms with Gasteiger partial charge in [-0.15, -0.1) is 0 Å². The van der Waals surface area contributed by atoms with Gasteiger partial charge in [0.15, 0.2) is 11.5 Å². The minimum Gasteiger partial charge on any atom is -0.543 e. The lowest BCUT2D eigenvalue weighted by Gasteiger charge is -2.37. The second-order valence-electron chi connectivity index (χ2n) is 13.9. The maximum absolute atomic E-state index is 6.76. The minimum absolute atomic E-state index is 0.00852. The second kappa shape index (κ2) is 14.7. The SMILES string of the molecule is CC(C)(C)[Si](C)(C)Oc1ccccc1C[C@H]1O[C@H]1c1cc(OCc2ccccc2)c(OCc2ccccc2)c(OCc2ccccc2)c1. The monoisotopic (exact) mass is 658 g/mol. The summed E-state index contributed by atoms with van der Waals surface area (Å²) in [6.07, 6.45) is 0.656. The van der Waals surface area contributed by atoms with Crippen LogP contribution in [0.25, 0.3) is 0 Å². The third-order valence-electron chi connectivity index (χ3n) is 9.22. The van der Waals surface area contributed by atoms with E-state index in [2.05, 4.69) is 107 Å². The van der Waals surface area contributed by atoms with E-state index in [1.54, 1.807) is 0 Å². The van der Waals surface area contributed by atoms with Crippen molar-refractivity contribution in [3.63, 3.8) is 0 Å². The molecule has 0 N–H and O–H groups in total. The van der Waals surface area contributed by atoms with E-state index in [0.29, 0.717) is 37.1 Å². The summed E-state index contributed by atoms with van der Waals surface area (Å²) in [4.78, 5) is 0. The molecule has 5 nitrogen and oxygen atoms in total. The normalized spacial score (nSPS) is 15.9.